The van der Waals surface area contributed by atoms with E-state index in [0.29, 0.717) is 6.61 Å². The van der Waals surface area contributed by atoms with Gasteiger partial charge >= 0.3 is 11.8 Å². The summed E-state index contributed by atoms with van der Waals surface area (Å²) in [6.45, 7) is 8.21. The van der Waals surface area contributed by atoms with Crippen LogP contribution in [0.2, 0.25) is 0 Å². The first-order valence-electron chi connectivity index (χ1n) is 10.9. The molecule has 2 amide bonds. The lowest BCUT2D eigenvalue weighted by Crippen LogP contribution is -2.42. The molecule has 0 heterocycles. The van der Waals surface area contributed by atoms with Crippen LogP contribution in [0.4, 0.5) is 0 Å². The van der Waals surface area contributed by atoms with E-state index in [9.17, 15) is 9.59 Å². The number of hydrogen-bond acceptors (Lipinski definition) is 3. The molecule has 0 saturated heterocycles. The Morgan fingerprint density at radius 3 is 2.30 bits per heavy atom. The summed E-state index contributed by atoms with van der Waals surface area (Å²) in [7, 11) is 0. The van der Waals surface area contributed by atoms with Crippen molar-refractivity contribution in [2.24, 2.45) is 0 Å². The van der Waals surface area contributed by atoms with E-state index in [1.54, 1.807) is 0 Å². The molecule has 30 heavy (non-hydrogen) atoms. The highest BCUT2D eigenvalue weighted by atomic mass is 16.5. The Hall–Kier alpha value is -2.82. The summed E-state index contributed by atoms with van der Waals surface area (Å²) in [6.07, 6.45) is 4.66. The Balaban J connectivity index is 1.63. The Kier molecular flexibility index (Phi) is 7.14. The Labute approximate surface area is 179 Å². The van der Waals surface area contributed by atoms with E-state index in [-0.39, 0.29) is 12.1 Å². The van der Waals surface area contributed by atoms with Gasteiger partial charge in [-0.3, -0.25) is 9.59 Å². The smallest absolute Gasteiger partial charge is 0.309 e. The van der Waals surface area contributed by atoms with Gasteiger partial charge in [0.1, 0.15) is 5.75 Å². The van der Waals surface area contributed by atoms with Crippen LogP contribution in [0.3, 0.4) is 0 Å². The fourth-order valence-corrected chi connectivity index (χ4v) is 4.00. The molecule has 2 N–H and O–H groups in total. The second-order valence-electron chi connectivity index (χ2n) is 8.10. The lowest BCUT2D eigenvalue weighted by molar-refractivity contribution is -0.140. The number of aryl methyl sites for hydroxylation is 3. The van der Waals surface area contributed by atoms with Crippen molar-refractivity contribution >= 4 is 11.8 Å². The van der Waals surface area contributed by atoms with Crippen molar-refractivity contribution in [1.29, 1.82) is 0 Å². The zero-order valence-electron chi connectivity index (χ0n) is 18.4. The fraction of sp³-hybridized carbons (Fsp3) is 0.440. The largest absolute Gasteiger partial charge is 0.494 e. The van der Waals surface area contributed by atoms with Gasteiger partial charge in [-0.2, -0.15) is 0 Å². The number of ether oxygens (including phenoxy) is 1. The van der Waals surface area contributed by atoms with E-state index in [2.05, 4.69) is 28.8 Å². The van der Waals surface area contributed by atoms with Crippen molar-refractivity contribution < 1.29 is 14.3 Å². The third-order valence-corrected chi connectivity index (χ3v) is 5.71. The molecule has 160 valence electrons. The molecule has 2 atom stereocenters. The summed E-state index contributed by atoms with van der Waals surface area (Å²) in [6, 6.07) is 11.6. The van der Waals surface area contributed by atoms with E-state index in [4.69, 9.17) is 4.74 Å². The van der Waals surface area contributed by atoms with Crippen molar-refractivity contribution in [1.82, 2.24) is 10.6 Å². The summed E-state index contributed by atoms with van der Waals surface area (Å²) in [5.41, 5.74) is 5.72. The molecule has 0 saturated carbocycles. The molecule has 1 aliphatic carbocycles. The molecule has 2 aromatic rings. The summed E-state index contributed by atoms with van der Waals surface area (Å²) in [5, 5.41) is 5.63. The van der Waals surface area contributed by atoms with Gasteiger partial charge in [-0.25, -0.2) is 0 Å². The maximum atomic E-state index is 12.5. The third kappa shape index (κ3) is 5.21. The first-order valence-corrected chi connectivity index (χ1v) is 10.9. The highest BCUT2D eigenvalue weighted by molar-refractivity contribution is 6.35. The van der Waals surface area contributed by atoms with Gasteiger partial charge in [-0.1, -0.05) is 35.9 Å². The zero-order valence-corrected chi connectivity index (χ0v) is 18.4. The number of fused-ring (bicyclic) bond motifs is 1. The Morgan fingerprint density at radius 2 is 1.60 bits per heavy atom. The van der Waals surface area contributed by atoms with Crippen molar-refractivity contribution in [2.45, 2.75) is 65.5 Å². The standard InChI is InChI=1S/C25H32N2O3/c1-5-30-23-13-10-16(2)14-22(23)18(4)27-25(29)24(28)26-17(3)20-12-11-19-8-6-7-9-21(19)15-20/h10-15,17-18H,5-9H2,1-4H3,(H,26,28)(H,27,29). The second-order valence-corrected chi connectivity index (χ2v) is 8.10. The van der Waals surface area contributed by atoms with Crippen LogP contribution in [0.15, 0.2) is 36.4 Å². The fourth-order valence-electron chi connectivity index (χ4n) is 4.00. The first-order chi connectivity index (χ1) is 14.4. The summed E-state index contributed by atoms with van der Waals surface area (Å²) >= 11 is 0. The Morgan fingerprint density at radius 1 is 0.933 bits per heavy atom. The molecule has 3 rings (SSSR count). The van der Waals surface area contributed by atoms with Crippen LogP contribution in [0.1, 0.15) is 73.5 Å². The van der Waals surface area contributed by atoms with Crippen LogP contribution in [0, 0.1) is 6.92 Å². The molecule has 0 aliphatic heterocycles. The molecule has 0 spiro atoms. The number of carbonyl (C=O) groups is 2. The lowest BCUT2D eigenvalue weighted by Gasteiger charge is -2.21. The van der Waals surface area contributed by atoms with Crippen molar-refractivity contribution in [2.75, 3.05) is 6.61 Å². The van der Waals surface area contributed by atoms with Gasteiger partial charge in [0, 0.05) is 5.56 Å². The van der Waals surface area contributed by atoms with Crippen LogP contribution >= 0.6 is 0 Å². The molecule has 0 fully saturated rings. The van der Waals surface area contributed by atoms with E-state index in [0.717, 1.165) is 35.3 Å². The van der Waals surface area contributed by atoms with E-state index in [1.807, 2.05) is 45.9 Å². The summed E-state index contributed by atoms with van der Waals surface area (Å²) < 4.78 is 5.67. The number of rotatable bonds is 6. The monoisotopic (exact) mass is 408 g/mol. The number of nitrogens with one attached hydrogen (secondary N) is 2. The lowest BCUT2D eigenvalue weighted by atomic mass is 9.89. The zero-order chi connectivity index (χ0) is 21.7. The van der Waals surface area contributed by atoms with Gasteiger partial charge < -0.3 is 15.4 Å². The molecule has 5 nitrogen and oxygen atoms in total. The topological polar surface area (TPSA) is 67.4 Å². The molecule has 2 aromatic carbocycles. The van der Waals surface area contributed by atoms with Gasteiger partial charge in [0.2, 0.25) is 0 Å². The van der Waals surface area contributed by atoms with Gasteiger partial charge in [0.25, 0.3) is 0 Å². The predicted molar refractivity (Wildman–Crippen MR) is 119 cm³/mol. The van der Waals surface area contributed by atoms with Crippen molar-refractivity contribution in [3.05, 3.63) is 64.2 Å². The quantitative estimate of drug-likeness (QED) is 0.699. The summed E-state index contributed by atoms with van der Waals surface area (Å²) in [4.78, 5) is 25.0. The normalized spacial score (nSPS) is 14.9. The van der Waals surface area contributed by atoms with Crippen molar-refractivity contribution in [3.8, 4) is 5.75 Å². The maximum absolute atomic E-state index is 12.5. The van der Waals surface area contributed by atoms with Crippen LogP contribution in [0.25, 0.3) is 0 Å². The van der Waals surface area contributed by atoms with E-state index in [1.165, 1.54) is 24.0 Å². The Bertz CT molecular complexity index is 923. The van der Waals surface area contributed by atoms with Gasteiger partial charge in [0.15, 0.2) is 0 Å². The SMILES string of the molecule is CCOc1ccc(C)cc1C(C)NC(=O)C(=O)NC(C)c1ccc2c(c1)CCCC2. The molecular weight excluding hydrogens is 376 g/mol. The predicted octanol–water partition coefficient (Wildman–Crippen LogP) is 4.33. The maximum Gasteiger partial charge on any atom is 0.309 e. The van der Waals surface area contributed by atoms with Crippen LogP contribution in [-0.2, 0) is 22.4 Å². The van der Waals surface area contributed by atoms with Crippen molar-refractivity contribution in [3.63, 3.8) is 0 Å². The first kappa shape index (κ1) is 21.9. The summed E-state index contributed by atoms with van der Waals surface area (Å²) in [5.74, 6) is -0.548. The minimum Gasteiger partial charge on any atom is -0.494 e. The molecule has 5 heteroatoms. The van der Waals surface area contributed by atoms with Gasteiger partial charge in [-0.05, 0) is 76.1 Å². The highest BCUT2D eigenvalue weighted by Crippen LogP contribution is 2.27. The molecule has 2 unspecified atom stereocenters. The highest BCUT2D eigenvalue weighted by Gasteiger charge is 2.22. The minimum atomic E-state index is -0.642. The number of amides is 2. The average Bonchev–Trinajstić information content (AvgIpc) is 2.74. The third-order valence-electron chi connectivity index (χ3n) is 5.71. The molecular formula is C25H32N2O3. The molecule has 0 radical (unpaired) electrons. The number of benzene rings is 2. The van der Waals surface area contributed by atoms with Crippen LogP contribution in [0.5, 0.6) is 5.75 Å². The number of carbonyl (C=O) groups excluding carboxylic acids is 2. The molecule has 0 aromatic heterocycles. The van der Waals surface area contributed by atoms with Crippen LogP contribution in [-0.4, -0.2) is 18.4 Å². The second kappa shape index (κ2) is 9.79. The van der Waals surface area contributed by atoms with Gasteiger partial charge in [-0.15, -0.1) is 0 Å². The number of hydrogen-bond donors (Lipinski definition) is 2. The van der Waals surface area contributed by atoms with Crippen LogP contribution < -0.4 is 15.4 Å². The average molecular weight is 409 g/mol. The minimum absolute atomic E-state index is 0.233. The van der Waals surface area contributed by atoms with E-state index < -0.39 is 11.8 Å². The molecule has 0 bridgehead atoms. The molecule has 1 aliphatic rings. The van der Waals surface area contributed by atoms with E-state index >= 15 is 0 Å². The van der Waals surface area contributed by atoms with Gasteiger partial charge in [0.05, 0.1) is 18.7 Å².